The van der Waals surface area contributed by atoms with Gasteiger partial charge >= 0.3 is 0 Å². The second kappa shape index (κ2) is 6.78. The first-order valence-electron chi connectivity index (χ1n) is 7.96. The van der Waals surface area contributed by atoms with Crippen molar-refractivity contribution in [1.82, 2.24) is 0 Å². The van der Waals surface area contributed by atoms with E-state index in [4.69, 9.17) is 19.9 Å². The van der Waals surface area contributed by atoms with Gasteiger partial charge in [-0.2, -0.15) is 0 Å². The van der Waals surface area contributed by atoms with Crippen molar-refractivity contribution >= 4 is 17.5 Å². The zero-order chi connectivity index (χ0) is 18.9. The second-order valence-electron chi connectivity index (χ2n) is 5.86. The van der Waals surface area contributed by atoms with Crippen molar-refractivity contribution in [3.63, 3.8) is 0 Å². The van der Waals surface area contributed by atoms with Gasteiger partial charge in [0.1, 0.15) is 5.75 Å². The lowest BCUT2D eigenvalue weighted by molar-refractivity contribution is -0.209. The van der Waals surface area contributed by atoms with Gasteiger partial charge in [0.05, 0.1) is 19.3 Å². The van der Waals surface area contributed by atoms with Gasteiger partial charge in [-0.15, -0.1) is 0 Å². The van der Waals surface area contributed by atoms with Gasteiger partial charge < -0.3 is 24.8 Å². The van der Waals surface area contributed by atoms with E-state index in [-0.39, 0.29) is 11.5 Å². The van der Waals surface area contributed by atoms with Crippen molar-refractivity contribution in [2.75, 3.05) is 26.2 Å². The summed E-state index contributed by atoms with van der Waals surface area (Å²) in [4.78, 5) is 26.2. The number of amides is 2. The van der Waals surface area contributed by atoms with Gasteiger partial charge in [0.25, 0.3) is 11.7 Å². The van der Waals surface area contributed by atoms with Crippen LogP contribution in [0.25, 0.3) is 0 Å². The average molecular weight is 356 g/mol. The molecule has 7 nitrogen and oxygen atoms in total. The Morgan fingerprint density at radius 3 is 2.46 bits per heavy atom. The normalized spacial score (nSPS) is 15.0. The van der Waals surface area contributed by atoms with Crippen LogP contribution in [0.3, 0.4) is 0 Å². The van der Waals surface area contributed by atoms with E-state index < -0.39 is 11.7 Å². The molecular weight excluding hydrogens is 336 g/mol. The molecule has 1 aliphatic rings. The quantitative estimate of drug-likeness (QED) is 0.797. The third kappa shape index (κ3) is 2.71. The van der Waals surface area contributed by atoms with Crippen LogP contribution in [-0.4, -0.2) is 33.1 Å². The van der Waals surface area contributed by atoms with Gasteiger partial charge in [0.15, 0.2) is 0 Å². The van der Waals surface area contributed by atoms with Gasteiger partial charge in [-0.25, -0.2) is 0 Å². The largest absolute Gasteiger partial charge is 0.497 e. The Hall–Kier alpha value is -2.90. The third-order valence-electron chi connectivity index (χ3n) is 4.50. The molecule has 0 radical (unpaired) electrons. The van der Waals surface area contributed by atoms with Gasteiger partial charge in [-0.1, -0.05) is 12.1 Å². The smallest absolute Gasteiger partial charge is 0.292 e. The summed E-state index contributed by atoms with van der Waals surface area (Å²) in [6, 6.07) is 12.2. The second-order valence-corrected chi connectivity index (χ2v) is 5.86. The van der Waals surface area contributed by atoms with Gasteiger partial charge in [-0.3, -0.25) is 9.59 Å². The summed E-state index contributed by atoms with van der Waals surface area (Å²) in [6.07, 6.45) is 0. The Morgan fingerprint density at radius 1 is 1.12 bits per heavy atom. The highest BCUT2D eigenvalue weighted by Gasteiger charge is 2.52. The molecule has 2 N–H and O–H groups in total. The minimum absolute atomic E-state index is 0.276. The number of nitrogens with two attached hydrogens (primary N) is 1. The molecule has 136 valence electrons. The van der Waals surface area contributed by atoms with Crippen LogP contribution in [0.15, 0.2) is 42.5 Å². The number of carbonyl (C=O) groups excluding carboxylic acids is 2. The topological polar surface area (TPSA) is 91.1 Å². The van der Waals surface area contributed by atoms with Crippen molar-refractivity contribution in [1.29, 1.82) is 0 Å². The highest BCUT2D eigenvalue weighted by Crippen LogP contribution is 2.44. The molecule has 26 heavy (non-hydrogen) atoms. The highest BCUT2D eigenvalue weighted by atomic mass is 16.7. The number of nitrogens with zero attached hydrogens (tertiary/aromatic N) is 1. The summed E-state index contributed by atoms with van der Waals surface area (Å²) >= 11 is 0. The highest BCUT2D eigenvalue weighted by molar-refractivity contribution is 6.07. The SMILES string of the molecule is COc1cccc(CN2C(=O)C(OC)(OC)c3cc(C(N)=O)ccc32)c1. The Kier molecular flexibility index (Phi) is 4.67. The molecule has 3 rings (SSSR count). The molecule has 0 saturated heterocycles. The minimum Gasteiger partial charge on any atom is -0.497 e. The predicted molar refractivity (Wildman–Crippen MR) is 94.8 cm³/mol. The fourth-order valence-corrected chi connectivity index (χ4v) is 3.18. The maximum absolute atomic E-state index is 13.1. The van der Waals surface area contributed by atoms with Crippen LogP contribution in [0.5, 0.6) is 5.75 Å². The predicted octanol–water partition coefficient (Wildman–Crippen LogP) is 1.79. The first-order valence-corrected chi connectivity index (χ1v) is 7.96. The lowest BCUT2D eigenvalue weighted by Gasteiger charge is -2.25. The Balaban J connectivity index is 2.08. The molecule has 1 heterocycles. The van der Waals surface area contributed by atoms with E-state index in [2.05, 4.69) is 0 Å². The van der Waals surface area contributed by atoms with Crippen molar-refractivity contribution in [3.05, 3.63) is 59.2 Å². The van der Waals surface area contributed by atoms with E-state index in [1.807, 2.05) is 24.3 Å². The third-order valence-corrected chi connectivity index (χ3v) is 4.50. The van der Waals surface area contributed by atoms with Crippen LogP contribution in [0.4, 0.5) is 5.69 Å². The number of primary amides is 1. The maximum atomic E-state index is 13.1. The molecular formula is C19H20N2O5. The number of hydrogen-bond acceptors (Lipinski definition) is 5. The summed E-state index contributed by atoms with van der Waals surface area (Å²) < 4.78 is 16.1. The summed E-state index contributed by atoms with van der Waals surface area (Å²) in [5, 5.41) is 0. The van der Waals surface area contributed by atoms with E-state index >= 15 is 0 Å². The number of ether oxygens (including phenoxy) is 3. The number of methoxy groups -OCH3 is 3. The van der Waals surface area contributed by atoms with Crippen LogP contribution in [0.1, 0.15) is 21.5 Å². The Morgan fingerprint density at radius 2 is 1.85 bits per heavy atom. The van der Waals surface area contributed by atoms with Crippen molar-refractivity contribution < 1.29 is 23.8 Å². The zero-order valence-corrected chi connectivity index (χ0v) is 14.8. The fourth-order valence-electron chi connectivity index (χ4n) is 3.18. The molecule has 0 spiro atoms. The van der Waals surface area contributed by atoms with Crippen LogP contribution in [0.2, 0.25) is 0 Å². The monoisotopic (exact) mass is 356 g/mol. The standard InChI is InChI=1S/C19H20N2O5/c1-24-14-6-4-5-12(9-14)11-21-16-8-7-13(17(20)22)10-15(16)19(25-2,26-3)18(21)23/h4-10H,11H2,1-3H3,(H2,20,22). The summed E-state index contributed by atoms with van der Waals surface area (Å²) in [5.74, 6) is -1.88. The molecule has 0 saturated carbocycles. The number of rotatable bonds is 6. The molecule has 0 aromatic heterocycles. The van der Waals surface area contributed by atoms with Gasteiger partial charge in [-0.05, 0) is 35.9 Å². The molecule has 0 atom stereocenters. The molecule has 7 heteroatoms. The lowest BCUT2D eigenvalue weighted by atomic mass is 10.0. The molecule has 0 bridgehead atoms. The number of fused-ring (bicyclic) bond motifs is 1. The molecule has 0 fully saturated rings. The molecule has 0 aliphatic carbocycles. The molecule has 2 amide bonds. The summed E-state index contributed by atoms with van der Waals surface area (Å²) in [7, 11) is 4.36. The summed E-state index contributed by atoms with van der Waals surface area (Å²) in [6.45, 7) is 0.299. The minimum atomic E-state index is -1.61. The van der Waals surface area contributed by atoms with Crippen LogP contribution in [0, 0.1) is 0 Å². The molecule has 0 unspecified atom stereocenters. The van der Waals surface area contributed by atoms with E-state index in [1.54, 1.807) is 24.1 Å². The van der Waals surface area contributed by atoms with E-state index in [0.29, 0.717) is 23.5 Å². The van der Waals surface area contributed by atoms with Gasteiger partial charge in [0.2, 0.25) is 5.91 Å². The Labute approximate surface area is 151 Å². The Bertz CT molecular complexity index is 861. The molecule has 2 aromatic carbocycles. The molecule has 1 aliphatic heterocycles. The first kappa shape index (κ1) is 17.9. The van der Waals surface area contributed by atoms with Crippen LogP contribution in [-0.2, 0) is 26.6 Å². The lowest BCUT2D eigenvalue weighted by Crippen LogP contribution is -2.43. The number of carbonyl (C=O) groups is 2. The fraction of sp³-hybridized carbons (Fsp3) is 0.263. The van der Waals surface area contributed by atoms with E-state index in [1.165, 1.54) is 20.3 Å². The van der Waals surface area contributed by atoms with Crippen molar-refractivity contribution in [2.24, 2.45) is 5.73 Å². The van der Waals surface area contributed by atoms with Gasteiger partial charge in [0, 0.05) is 25.3 Å². The van der Waals surface area contributed by atoms with Crippen LogP contribution < -0.4 is 15.4 Å². The van der Waals surface area contributed by atoms with Crippen LogP contribution >= 0.6 is 0 Å². The van der Waals surface area contributed by atoms with Crippen molar-refractivity contribution in [2.45, 2.75) is 12.3 Å². The maximum Gasteiger partial charge on any atom is 0.292 e. The van der Waals surface area contributed by atoms with E-state index in [9.17, 15) is 9.59 Å². The number of benzene rings is 2. The summed E-state index contributed by atoms with van der Waals surface area (Å²) in [5.41, 5.74) is 7.58. The van der Waals surface area contributed by atoms with E-state index in [0.717, 1.165) is 5.56 Å². The average Bonchev–Trinajstić information content (AvgIpc) is 2.89. The zero-order valence-electron chi connectivity index (χ0n) is 14.8. The van der Waals surface area contributed by atoms with Crippen molar-refractivity contribution in [3.8, 4) is 5.75 Å². The molecule has 2 aromatic rings. The number of hydrogen-bond donors (Lipinski definition) is 1. The first-order chi connectivity index (χ1) is 12.5. The number of anilines is 1.